The number of carbonyl (C=O) groups excluding carboxylic acids is 2. The van der Waals surface area contributed by atoms with Crippen molar-refractivity contribution in [2.24, 2.45) is 0 Å². The van der Waals surface area contributed by atoms with Gasteiger partial charge in [0.1, 0.15) is 11.5 Å². The van der Waals surface area contributed by atoms with Crippen molar-refractivity contribution < 1.29 is 19.4 Å². The largest absolute Gasteiger partial charge is 0.507 e. The zero-order valence-electron chi connectivity index (χ0n) is 19.5. The first-order valence-corrected chi connectivity index (χ1v) is 11.0. The van der Waals surface area contributed by atoms with Crippen LogP contribution in [0.3, 0.4) is 0 Å². The SMILES string of the molecule is Cc1ccc(C(O)=C2C(=O)C(=O)N(CCCN(C)C)[C@H]2c2ccc(OC(C)C)cc2)cc1. The fourth-order valence-corrected chi connectivity index (χ4v) is 3.88. The van der Waals surface area contributed by atoms with E-state index in [1.165, 1.54) is 0 Å². The van der Waals surface area contributed by atoms with Gasteiger partial charge in [-0.3, -0.25) is 9.59 Å². The van der Waals surface area contributed by atoms with Crippen molar-refractivity contribution in [2.45, 2.75) is 39.3 Å². The molecule has 1 amide bonds. The van der Waals surface area contributed by atoms with E-state index in [1.807, 2.05) is 76.2 Å². The van der Waals surface area contributed by atoms with Crippen LogP contribution < -0.4 is 4.74 Å². The van der Waals surface area contributed by atoms with Crippen molar-refractivity contribution in [3.63, 3.8) is 0 Å². The number of Topliss-reactive ketones (excluding diaryl/α,β-unsaturated/α-hetero) is 1. The summed E-state index contributed by atoms with van der Waals surface area (Å²) in [6, 6.07) is 14.0. The minimum atomic E-state index is -0.652. The highest BCUT2D eigenvalue weighted by Crippen LogP contribution is 2.40. The lowest BCUT2D eigenvalue weighted by Gasteiger charge is -2.26. The second-order valence-corrected chi connectivity index (χ2v) is 8.75. The van der Waals surface area contributed by atoms with Crippen molar-refractivity contribution >= 4 is 17.4 Å². The third kappa shape index (κ3) is 5.19. The van der Waals surface area contributed by atoms with E-state index in [0.717, 1.165) is 24.1 Å². The maximum Gasteiger partial charge on any atom is 0.295 e. The van der Waals surface area contributed by atoms with Gasteiger partial charge in [-0.25, -0.2) is 0 Å². The molecule has 1 saturated heterocycles. The third-order valence-electron chi connectivity index (χ3n) is 5.44. The minimum absolute atomic E-state index is 0.0408. The first-order valence-electron chi connectivity index (χ1n) is 11.0. The Morgan fingerprint density at radius 2 is 1.69 bits per heavy atom. The van der Waals surface area contributed by atoms with E-state index < -0.39 is 17.7 Å². The van der Waals surface area contributed by atoms with Crippen LogP contribution in [-0.2, 0) is 9.59 Å². The van der Waals surface area contributed by atoms with Crippen LogP contribution in [0.15, 0.2) is 54.1 Å². The molecule has 6 heteroatoms. The Hall–Kier alpha value is -3.12. The summed E-state index contributed by atoms with van der Waals surface area (Å²) in [4.78, 5) is 29.6. The average Bonchev–Trinajstić information content (AvgIpc) is 2.99. The van der Waals surface area contributed by atoms with Crippen molar-refractivity contribution in [1.29, 1.82) is 0 Å². The van der Waals surface area contributed by atoms with E-state index in [0.29, 0.717) is 17.9 Å². The van der Waals surface area contributed by atoms with Crippen molar-refractivity contribution in [1.82, 2.24) is 9.80 Å². The predicted octanol–water partition coefficient (Wildman–Crippen LogP) is 4.16. The van der Waals surface area contributed by atoms with Gasteiger partial charge in [-0.1, -0.05) is 42.0 Å². The molecule has 2 aromatic rings. The van der Waals surface area contributed by atoms with Crippen LogP contribution >= 0.6 is 0 Å². The van der Waals surface area contributed by atoms with Gasteiger partial charge in [0.25, 0.3) is 11.7 Å². The van der Waals surface area contributed by atoms with Crippen LogP contribution in [0.25, 0.3) is 5.76 Å². The van der Waals surface area contributed by atoms with Crippen LogP contribution in [0.2, 0.25) is 0 Å². The number of benzene rings is 2. The summed E-state index contributed by atoms with van der Waals surface area (Å²) in [5, 5.41) is 11.1. The number of nitrogens with zero attached hydrogens (tertiary/aromatic N) is 2. The molecule has 6 nitrogen and oxygen atoms in total. The minimum Gasteiger partial charge on any atom is -0.507 e. The number of aryl methyl sites for hydroxylation is 1. The molecule has 1 fully saturated rings. The Morgan fingerprint density at radius 3 is 2.25 bits per heavy atom. The maximum atomic E-state index is 13.0. The molecule has 32 heavy (non-hydrogen) atoms. The number of amides is 1. The Morgan fingerprint density at radius 1 is 1.06 bits per heavy atom. The Labute approximate surface area is 190 Å². The zero-order valence-corrected chi connectivity index (χ0v) is 19.5. The van der Waals surface area contributed by atoms with Gasteiger partial charge in [0.05, 0.1) is 17.7 Å². The summed E-state index contributed by atoms with van der Waals surface area (Å²) < 4.78 is 5.73. The summed E-state index contributed by atoms with van der Waals surface area (Å²) in [5.41, 5.74) is 2.45. The number of carbonyl (C=O) groups is 2. The monoisotopic (exact) mass is 436 g/mol. The molecule has 0 bridgehead atoms. The van der Waals surface area contributed by atoms with Gasteiger partial charge in [0.15, 0.2) is 0 Å². The lowest BCUT2D eigenvalue weighted by Crippen LogP contribution is -2.32. The van der Waals surface area contributed by atoms with Gasteiger partial charge in [0, 0.05) is 12.1 Å². The van der Waals surface area contributed by atoms with Crippen molar-refractivity contribution in [3.8, 4) is 5.75 Å². The standard InChI is InChI=1S/C26H32N2O4/c1-17(2)32-21-13-11-19(12-14-21)23-22(24(29)20-9-7-18(3)8-10-20)25(30)26(31)28(23)16-6-15-27(4)5/h7-14,17,23,29H,6,15-16H2,1-5H3/t23-/m0/s1. The highest BCUT2D eigenvalue weighted by atomic mass is 16.5. The molecular weight excluding hydrogens is 404 g/mol. The maximum absolute atomic E-state index is 13.0. The first-order chi connectivity index (χ1) is 15.2. The topological polar surface area (TPSA) is 70.1 Å². The van der Waals surface area contributed by atoms with Crippen LogP contribution in [0.4, 0.5) is 0 Å². The Balaban J connectivity index is 2.05. The normalized spacial score (nSPS) is 18.1. The van der Waals surface area contributed by atoms with E-state index in [4.69, 9.17) is 4.74 Å². The molecule has 0 unspecified atom stereocenters. The summed E-state index contributed by atoms with van der Waals surface area (Å²) in [7, 11) is 3.94. The summed E-state index contributed by atoms with van der Waals surface area (Å²) >= 11 is 0. The van der Waals surface area contributed by atoms with Gasteiger partial charge in [0.2, 0.25) is 0 Å². The predicted molar refractivity (Wildman–Crippen MR) is 126 cm³/mol. The quantitative estimate of drug-likeness (QED) is 0.382. The number of hydrogen-bond acceptors (Lipinski definition) is 5. The molecule has 1 heterocycles. The smallest absolute Gasteiger partial charge is 0.295 e. The van der Waals surface area contributed by atoms with Crippen molar-refractivity contribution in [2.75, 3.05) is 27.2 Å². The molecule has 0 radical (unpaired) electrons. The second kappa shape index (κ2) is 10.0. The fourth-order valence-electron chi connectivity index (χ4n) is 3.88. The molecule has 1 N–H and O–H groups in total. The number of ether oxygens (including phenoxy) is 1. The lowest BCUT2D eigenvalue weighted by molar-refractivity contribution is -0.139. The number of aliphatic hydroxyl groups excluding tert-OH is 1. The van der Waals surface area contributed by atoms with Crippen LogP contribution in [0.5, 0.6) is 5.75 Å². The van der Waals surface area contributed by atoms with Gasteiger partial charge in [-0.15, -0.1) is 0 Å². The number of aliphatic hydroxyl groups is 1. The van der Waals surface area contributed by atoms with Crippen LogP contribution in [0.1, 0.15) is 43.0 Å². The fraction of sp³-hybridized carbons (Fsp3) is 0.385. The lowest BCUT2D eigenvalue weighted by atomic mass is 9.95. The van der Waals surface area contributed by atoms with E-state index in [2.05, 4.69) is 0 Å². The molecule has 170 valence electrons. The highest BCUT2D eigenvalue weighted by Gasteiger charge is 2.45. The molecule has 0 spiro atoms. The van der Waals surface area contributed by atoms with E-state index in [-0.39, 0.29) is 17.4 Å². The molecule has 1 aliphatic rings. The summed E-state index contributed by atoms with van der Waals surface area (Å²) in [6.07, 6.45) is 0.759. The zero-order chi connectivity index (χ0) is 23.4. The van der Waals surface area contributed by atoms with E-state index >= 15 is 0 Å². The molecule has 3 rings (SSSR count). The first kappa shape index (κ1) is 23.5. The number of hydrogen-bond donors (Lipinski definition) is 1. The van der Waals surface area contributed by atoms with E-state index in [1.54, 1.807) is 17.0 Å². The molecule has 0 aromatic heterocycles. The third-order valence-corrected chi connectivity index (χ3v) is 5.44. The number of rotatable bonds is 8. The molecule has 1 aliphatic heterocycles. The summed E-state index contributed by atoms with van der Waals surface area (Å²) in [5.74, 6) is -0.664. The molecular formula is C26H32N2O4. The molecule has 1 atom stereocenters. The van der Waals surface area contributed by atoms with Gasteiger partial charge >= 0.3 is 0 Å². The Kier molecular flexibility index (Phi) is 7.36. The van der Waals surface area contributed by atoms with Crippen LogP contribution in [0, 0.1) is 6.92 Å². The van der Waals surface area contributed by atoms with E-state index in [9.17, 15) is 14.7 Å². The van der Waals surface area contributed by atoms with Gasteiger partial charge in [-0.2, -0.15) is 0 Å². The number of ketones is 1. The van der Waals surface area contributed by atoms with Gasteiger partial charge in [-0.05, 0) is 65.5 Å². The average molecular weight is 437 g/mol. The number of likely N-dealkylation sites (tertiary alicyclic amines) is 1. The molecule has 0 aliphatic carbocycles. The molecule has 0 saturated carbocycles. The summed E-state index contributed by atoms with van der Waals surface area (Å²) in [6.45, 7) is 7.07. The van der Waals surface area contributed by atoms with Gasteiger partial charge < -0.3 is 19.6 Å². The highest BCUT2D eigenvalue weighted by molar-refractivity contribution is 6.46. The van der Waals surface area contributed by atoms with Crippen LogP contribution in [-0.4, -0.2) is 59.9 Å². The van der Waals surface area contributed by atoms with Crippen molar-refractivity contribution in [3.05, 3.63) is 70.8 Å². The Bertz CT molecular complexity index is 991. The molecule has 2 aromatic carbocycles. The second-order valence-electron chi connectivity index (χ2n) is 8.75.